The summed E-state index contributed by atoms with van der Waals surface area (Å²) in [6.45, 7) is 3.95. The standard InChI is InChI=1S/C19H18ClN5O2/c1-11-6-12(2)8-15(7-11)27-19-16(21)17(22-10-23-19)24-25-18(26)13-4-3-5-14(20)9-13/h3-10H,21H2,1-2H3,(H,25,26)(H,22,23,24). The third-order valence-corrected chi connectivity index (χ3v) is 3.87. The normalized spacial score (nSPS) is 10.3. The summed E-state index contributed by atoms with van der Waals surface area (Å²) in [4.78, 5) is 20.3. The van der Waals surface area contributed by atoms with Crippen molar-refractivity contribution in [3.8, 4) is 11.6 Å². The van der Waals surface area contributed by atoms with Crippen LogP contribution < -0.4 is 21.3 Å². The Bertz CT molecular complexity index is 973. The van der Waals surface area contributed by atoms with E-state index in [-0.39, 0.29) is 23.3 Å². The van der Waals surface area contributed by atoms with Gasteiger partial charge in [0.1, 0.15) is 17.8 Å². The lowest BCUT2D eigenvalue weighted by Gasteiger charge is -2.13. The fourth-order valence-electron chi connectivity index (χ4n) is 2.48. The van der Waals surface area contributed by atoms with Gasteiger partial charge in [0.05, 0.1) is 0 Å². The third-order valence-electron chi connectivity index (χ3n) is 3.64. The van der Waals surface area contributed by atoms with Gasteiger partial charge in [-0.2, -0.15) is 4.98 Å². The van der Waals surface area contributed by atoms with Crippen molar-refractivity contribution in [2.45, 2.75) is 13.8 Å². The number of hydrogen-bond donors (Lipinski definition) is 3. The minimum Gasteiger partial charge on any atom is -0.437 e. The van der Waals surface area contributed by atoms with E-state index in [1.807, 2.05) is 32.0 Å². The highest BCUT2D eigenvalue weighted by Gasteiger charge is 2.12. The van der Waals surface area contributed by atoms with E-state index >= 15 is 0 Å². The second kappa shape index (κ2) is 7.92. The van der Waals surface area contributed by atoms with E-state index < -0.39 is 0 Å². The third kappa shape index (κ3) is 4.65. The molecule has 3 rings (SSSR count). The van der Waals surface area contributed by atoms with Gasteiger partial charge in [0.2, 0.25) is 5.88 Å². The van der Waals surface area contributed by atoms with Crippen LogP contribution in [0.3, 0.4) is 0 Å². The van der Waals surface area contributed by atoms with Crippen LogP contribution in [0.1, 0.15) is 21.5 Å². The molecule has 1 amide bonds. The van der Waals surface area contributed by atoms with E-state index in [1.54, 1.807) is 24.3 Å². The lowest BCUT2D eigenvalue weighted by atomic mass is 10.1. The number of hydrazine groups is 1. The lowest BCUT2D eigenvalue weighted by molar-refractivity contribution is 0.0962. The van der Waals surface area contributed by atoms with E-state index in [2.05, 4.69) is 20.8 Å². The zero-order valence-corrected chi connectivity index (χ0v) is 15.5. The monoisotopic (exact) mass is 383 g/mol. The number of aryl methyl sites for hydroxylation is 2. The number of carbonyl (C=O) groups is 1. The maximum absolute atomic E-state index is 12.2. The maximum Gasteiger partial charge on any atom is 0.269 e. The number of anilines is 2. The lowest BCUT2D eigenvalue weighted by Crippen LogP contribution is -2.30. The van der Waals surface area contributed by atoms with Crippen LogP contribution in [0.5, 0.6) is 11.6 Å². The van der Waals surface area contributed by atoms with Crippen molar-refractivity contribution >= 4 is 29.0 Å². The van der Waals surface area contributed by atoms with Gasteiger partial charge in [-0.1, -0.05) is 23.7 Å². The van der Waals surface area contributed by atoms with Gasteiger partial charge in [-0.15, -0.1) is 0 Å². The second-order valence-corrected chi connectivity index (χ2v) is 6.39. The quantitative estimate of drug-likeness (QED) is 0.578. The van der Waals surface area contributed by atoms with Crippen LogP contribution in [-0.4, -0.2) is 15.9 Å². The molecular formula is C19H18ClN5O2. The maximum atomic E-state index is 12.2. The Kier molecular flexibility index (Phi) is 5.42. The van der Waals surface area contributed by atoms with Crippen molar-refractivity contribution in [2.75, 3.05) is 11.2 Å². The SMILES string of the molecule is Cc1cc(C)cc(Oc2ncnc(NNC(=O)c3cccc(Cl)c3)c2N)c1. The van der Waals surface area contributed by atoms with Crippen LogP contribution in [-0.2, 0) is 0 Å². The van der Waals surface area contributed by atoms with Gasteiger partial charge in [0, 0.05) is 10.6 Å². The van der Waals surface area contributed by atoms with E-state index in [4.69, 9.17) is 22.1 Å². The van der Waals surface area contributed by atoms with Crippen LogP contribution in [0.15, 0.2) is 48.8 Å². The summed E-state index contributed by atoms with van der Waals surface area (Å²) in [5, 5.41) is 0.466. The molecule has 0 aliphatic rings. The minimum atomic E-state index is -0.382. The number of hydrogen-bond acceptors (Lipinski definition) is 6. The van der Waals surface area contributed by atoms with Gasteiger partial charge in [-0.25, -0.2) is 4.98 Å². The first kappa shape index (κ1) is 18.5. The molecule has 2 aromatic carbocycles. The Balaban J connectivity index is 1.74. The van der Waals surface area contributed by atoms with E-state index in [9.17, 15) is 4.79 Å². The number of aromatic nitrogens is 2. The summed E-state index contributed by atoms with van der Waals surface area (Å²) in [6, 6.07) is 12.4. The molecule has 0 fully saturated rings. The highest BCUT2D eigenvalue weighted by Crippen LogP contribution is 2.29. The number of nitrogens with two attached hydrogens (primary N) is 1. The summed E-state index contributed by atoms with van der Waals surface area (Å²) in [5.74, 6) is 0.647. The Labute approximate surface area is 161 Å². The molecule has 3 aromatic rings. The summed E-state index contributed by atoms with van der Waals surface area (Å²) in [5.41, 5.74) is 14.0. The Morgan fingerprint density at radius 1 is 1.11 bits per heavy atom. The number of halogens is 1. The van der Waals surface area contributed by atoms with Crippen molar-refractivity contribution in [3.05, 3.63) is 70.5 Å². The summed E-state index contributed by atoms with van der Waals surface area (Å²) < 4.78 is 5.77. The number of benzene rings is 2. The highest BCUT2D eigenvalue weighted by atomic mass is 35.5. The number of rotatable bonds is 5. The fraction of sp³-hybridized carbons (Fsp3) is 0.105. The van der Waals surface area contributed by atoms with Crippen molar-refractivity contribution in [3.63, 3.8) is 0 Å². The molecule has 1 heterocycles. The van der Waals surface area contributed by atoms with Crippen LogP contribution in [0, 0.1) is 13.8 Å². The molecule has 8 heteroatoms. The largest absolute Gasteiger partial charge is 0.437 e. The number of amides is 1. The Morgan fingerprint density at radius 3 is 2.56 bits per heavy atom. The first-order valence-corrected chi connectivity index (χ1v) is 8.49. The molecule has 1 aromatic heterocycles. The van der Waals surface area contributed by atoms with Gasteiger partial charge >= 0.3 is 0 Å². The second-order valence-electron chi connectivity index (χ2n) is 5.96. The molecule has 4 N–H and O–H groups in total. The molecule has 0 unspecified atom stereocenters. The smallest absolute Gasteiger partial charge is 0.269 e. The number of ether oxygens (including phenoxy) is 1. The molecule has 0 bridgehead atoms. The Morgan fingerprint density at radius 2 is 1.85 bits per heavy atom. The number of nitrogen functional groups attached to an aromatic ring is 1. The number of nitrogens with zero attached hydrogens (tertiary/aromatic N) is 2. The van der Waals surface area contributed by atoms with Gasteiger partial charge in [-0.3, -0.25) is 15.6 Å². The molecule has 138 valence electrons. The molecule has 0 radical (unpaired) electrons. The van der Waals surface area contributed by atoms with E-state index in [0.29, 0.717) is 16.3 Å². The topological polar surface area (TPSA) is 102 Å². The van der Waals surface area contributed by atoms with Crippen molar-refractivity contribution in [1.82, 2.24) is 15.4 Å². The van der Waals surface area contributed by atoms with Crippen molar-refractivity contribution < 1.29 is 9.53 Å². The molecule has 0 saturated heterocycles. The first-order chi connectivity index (χ1) is 12.9. The first-order valence-electron chi connectivity index (χ1n) is 8.11. The van der Waals surface area contributed by atoms with Crippen LogP contribution in [0.4, 0.5) is 11.5 Å². The minimum absolute atomic E-state index is 0.169. The molecule has 0 aliphatic heterocycles. The van der Waals surface area contributed by atoms with Crippen LogP contribution in [0.2, 0.25) is 5.02 Å². The Hall–Kier alpha value is -3.32. The van der Waals surface area contributed by atoms with Crippen LogP contribution >= 0.6 is 11.6 Å². The van der Waals surface area contributed by atoms with Gasteiger partial charge in [-0.05, 0) is 55.3 Å². The van der Waals surface area contributed by atoms with Crippen molar-refractivity contribution in [2.24, 2.45) is 0 Å². The molecule has 0 aliphatic carbocycles. The average Bonchev–Trinajstić information content (AvgIpc) is 2.61. The number of carbonyl (C=O) groups excluding carboxylic acids is 1. The highest BCUT2D eigenvalue weighted by molar-refractivity contribution is 6.30. The van der Waals surface area contributed by atoms with Gasteiger partial charge in [0.15, 0.2) is 5.82 Å². The molecular weight excluding hydrogens is 366 g/mol. The summed E-state index contributed by atoms with van der Waals surface area (Å²) in [7, 11) is 0. The molecule has 0 saturated carbocycles. The van der Waals surface area contributed by atoms with E-state index in [0.717, 1.165) is 11.1 Å². The molecule has 0 spiro atoms. The van der Waals surface area contributed by atoms with E-state index in [1.165, 1.54) is 6.33 Å². The van der Waals surface area contributed by atoms with Gasteiger partial charge in [0.25, 0.3) is 5.91 Å². The summed E-state index contributed by atoms with van der Waals surface area (Å²) in [6.07, 6.45) is 1.29. The van der Waals surface area contributed by atoms with Gasteiger partial charge < -0.3 is 10.5 Å². The predicted molar refractivity (Wildman–Crippen MR) is 105 cm³/mol. The van der Waals surface area contributed by atoms with Crippen molar-refractivity contribution in [1.29, 1.82) is 0 Å². The van der Waals surface area contributed by atoms with Crippen LogP contribution in [0.25, 0.3) is 0 Å². The summed E-state index contributed by atoms with van der Waals surface area (Å²) >= 11 is 5.89. The fourth-order valence-corrected chi connectivity index (χ4v) is 2.67. The molecule has 27 heavy (non-hydrogen) atoms. The zero-order chi connectivity index (χ0) is 19.4. The number of nitrogens with one attached hydrogen (secondary N) is 2. The zero-order valence-electron chi connectivity index (χ0n) is 14.8. The average molecular weight is 384 g/mol. The predicted octanol–water partition coefficient (Wildman–Crippen LogP) is 3.88. The molecule has 0 atom stereocenters. The molecule has 7 nitrogen and oxygen atoms in total.